The lowest BCUT2D eigenvalue weighted by molar-refractivity contribution is 0.353. The average Bonchev–Trinajstić information content (AvgIpc) is 2.78. The van der Waals surface area contributed by atoms with E-state index in [2.05, 4.69) is 26.3 Å². The molecule has 0 unspecified atom stereocenters. The predicted octanol–water partition coefficient (Wildman–Crippen LogP) is 3.67. The van der Waals surface area contributed by atoms with Crippen LogP contribution < -0.4 is 19.7 Å². The molecule has 1 aliphatic heterocycles. The van der Waals surface area contributed by atoms with Crippen LogP contribution in [0, 0.1) is 11.3 Å². The maximum atomic E-state index is 9.07. The number of fused-ring (bicyclic) bond motifs is 1. The Morgan fingerprint density at radius 2 is 1.86 bits per heavy atom. The number of nitriles is 1. The molecule has 1 aliphatic rings. The Labute approximate surface area is 169 Å². The quantitative estimate of drug-likeness (QED) is 0.715. The van der Waals surface area contributed by atoms with Crippen molar-refractivity contribution in [2.75, 3.05) is 31.0 Å². The molecule has 7 heteroatoms. The minimum Gasteiger partial charge on any atom is -0.493 e. The molecular formula is C22H21N5O2. The van der Waals surface area contributed by atoms with Gasteiger partial charge in [-0.15, -0.1) is 0 Å². The molecule has 0 aliphatic carbocycles. The average molecular weight is 387 g/mol. The van der Waals surface area contributed by atoms with E-state index >= 15 is 0 Å². The number of hydrogen-bond acceptors (Lipinski definition) is 7. The highest BCUT2D eigenvalue weighted by molar-refractivity contribution is 5.59. The SMILES string of the molecule is COc1cc2c(cc1OC)CN(c1nccc(Nc3cccc(C#N)c3)n1)CC2. The summed E-state index contributed by atoms with van der Waals surface area (Å²) < 4.78 is 10.9. The van der Waals surface area contributed by atoms with Gasteiger partial charge in [0.1, 0.15) is 5.82 Å². The highest BCUT2D eigenvalue weighted by Crippen LogP contribution is 2.34. The number of rotatable bonds is 5. The molecule has 0 fully saturated rings. The van der Waals surface area contributed by atoms with E-state index in [0.717, 1.165) is 30.2 Å². The van der Waals surface area contributed by atoms with E-state index in [1.807, 2.05) is 30.3 Å². The van der Waals surface area contributed by atoms with Crippen LogP contribution in [0.15, 0.2) is 48.7 Å². The summed E-state index contributed by atoms with van der Waals surface area (Å²) in [6.45, 7) is 1.51. The van der Waals surface area contributed by atoms with Crippen molar-refractivity contribution in [3.05, 3.63) is 65.4 Å². The Morgan fingerprint density at radius 1 is 1.07 bits per heavy atom. The molecule has 0 saturated carbocycles. The topological polar surface area (TPSA) is 83.3 Å². The molecule has 0 radical (unpaired) electrons. The number of nitrogens with one attached hydrogen (secondary N) is 1. The molecule has 0 atom stereocenters. The summed E-state index contributed by atoms with van der Waals surface area (Å²) in [7, 11) is 3.29. The van der Waals surface area contributed by atoms with Crippen LogP contribution in [-0.4, -0.2) is 30.7 Å². The zero-order chi connectivity index (χ0) is 20.2. The zero-order valence-corrected chi connectivity index (χ0v) is 16.3. The van der Waals surface area contributed by atoms with Crippen LogP contribution in [0.3, 0.4) is 0 Å². The number of anilines is 3. The number of aromatic nitrogens is 2. The minimum absolute atomic E-state index is 0.598. The number of benzene rings is 2. The fourth-order valence-electron chi connectivity index (χ4n) is 3.44. The summed E-state index contributed by atoms with van der Waals surface area (Å²) in [4.78, 5) is 11.3. The van der Waals surface area contributed by atoms with Gasteiger partial charge in [0.05, 0.1) is 25.9 Å². The number of ether oxygens (including phenoxy) is 2. The van der Waals surface area contributed by atoms with Crippen LogP contribution >= 0.6 is 0 Å². The van der Waals surface area contributed by atoms with Gasteiger partial charge in [0.2, 0.25) is 5.95 Å². The number of nitrogens with zero attached hydrogens (tertiary/aromatic N) is 4. The first-order valence-corrected chi connectivity index (χ1v) is 9.29. The van der Waals surface area contributed by atoms with E-state index in [0.29, 0.717) is 23.9 Å². The van der Waals surface area contributed by atoms with Gasteiger partial charge in [0.25, 0.3) is 0 Å². The van der Waals surface area contributed by atoms with Gasteiger partial charge in [-0.05, 0) is 53.9 Å². The normalized spacial score (nSPS) is 12.7. The molecule has 0 spiro atoms. The lowest BCUT2D eigenvalue weighted by atomic mass is 9.99. The third-order valence-electron chi connectivity index (χ3n) is 4.91. The van der Waals surface area contributed by atoms with Crippen molar-refractivity contribution >= 4 is 17.5 Å². The van der Waals surface area contributed by atoms with Crippen LogP contribution in [0.4, 0.5) is 17.5 Å². The van der Waals surface area contributed by atoms with Gasteiger partial charge in [0, 0.05) is 25.0 Å². The van der Waals surface area contributed by atoms with Crippen LogP contribution in [0.5, 0.6) is 11.5 Å². The molecule has 1 N–H and O–H groups in total. The molecule has 2 aromatic carbocycles. The standard InChI is InChI=1S/C22H21N5O2/c1-28-19-11-16-7-9-27(14-17(16)12-20(19)29-2)22-24-8-6-21(26-22)25-18-5-3-4-15(10-18)13-23/h3-6,8,10-12H,7,9,14H2,1-2H3,(H,24,25,26). The maximum absolute atomic E-state index is 9.07. The first kappa shape index (κ1) is 18.6. The van der Waals surface area contributed by atoms with E-state index in [4.69, 9.17) is 14.7 Å². The first-order valence-electron chi connectivity index (χ1n) is 9.29. The highest BCUT2D eigenvalue weighted by atomic mass is 16.5. The summed E-state index contributed by atoms with van der Waals surface area (Å²) in [6.07, 6.45) is 2.61. The lowest BCUT2D eigenvalue weighted by Crippen LogP contribution is -2.31. The van der Waals surface area contributed by atoms with Gasteiger partial charge in [-0.1, -0.05) is 6.07 Å². The van der Waals surface area contributed by atoms with E-state index < -0.39 is 0 Å². The van der Waals surface area contributed by atoms with Crippen molar-refractivity contribution in [2.45, 2.75) is 13.0 Å². The van der Waals surface area contributed by atoms with Gasteiger partial charge in [0.15, 0.2) is 11.5 Å². The van der Waals surface area contributed by atoms with Crippen molar-refractivity contribution < 1.29 is 9.47 Å². The van der Waals surface area contributed by atoms with E-state index in [1.54, 1.807) is 32.5 Å². The molecular weight excluding hydrogens is 366 g/mol. The lowest BCUT2D eigenvalue weighted by Gasteiger charge is -2.29. The van der Waals surface area contributed by atoms with Crippen LogP contribution in [0.1, 0.15) is 16.7 Å². The van der Waals surface area contributed by atoms with Gasteiger partial charge in [-0.2, -0.15) is 10.2 Å². The van der Waals surface area contributed by atoms with Crippen molar-refractivity contribution in [1.82, 2.24) is 9.97 Å². The fourth-order valence-corrected chi connectivity index (χ4v) is 3.44. The minimum atomic E-state index is 0.598. The number of hydrogen-bond donors (Lipinski definition) is 1. The second kappa shape index (κ2) is 8.07. The van der Waals surface area contributed by atoms with Crippen molar-refractivity contribution in [1.29, 1.82) is 5.26 Å². The van der Waals surface area contributed by atoms with E-state index in [9.17, 15) is 0 Å². The first-order chi connectivity index (χ1) is 14.2. The molecule has 4 rings (SSSR count). The van der Waals surface area contributed by atoms with Crippen molar-refractivity contribution in [3.63, 3.8) is 0 Å². The molecule has 0 saturated heterocycles. The molecule has 0 bridgehead atoms. The second-order valence-electron chi connectivity index (χ2n) is 6.71. The van der Waals surface area contributed by atoms with Crippen molar-refractivity contribution in [2.24, 2.45) is 0 Å². The van der Waals surface area contributed by atoms with Gasteiger partial charge >= 0.3 is 0 Å². The van der Waals surface area contributed by atoms with Crippen LogP contribution in [-0.2, 0) is 13.0 Å². The second-order valence-corrected chi connectivity index (χ2v) is 6.71. The number of methoxy groups -OCH3 is 2. The summed E-state index contributed by atoms with van der Waals surface area (Å²) in [5.74, 6) is 2.82. The maximum Gasteiger partial charge on any atom is 0.227 e. The van der Waals surface area contributed by atoms with E-state index in [1.165, 1.54) is 11.1 Å². The Hall–Kier alpha value is -3.79. The Morgan fingerprint density at radius 3 is 2.62 bits per heavy atom. The highest BCUT2D eigenvalue weighted by Gasteiger charge is 2.21. The van der Waals surface area contributed by atoms with Crippen molar-refractivity contribution in [3.8, 4) is 17.6 Å². The largest absolute Gasteiger partial charge is 0.493 e. The summed E-state index contributed by atoms with van der Waals surface area (Å²) in [5.41, 5.74) is 3.84. The van der Waals surface area contributed by atoms with E-state index in [-0.39, 0.29) is 0 Å². The Kier molecular flexibility index (Phi) is 5.16. The third-order valence-corrected chi connectivity index (χ3v) is 4.91. The molecule has 0 amide bonds. The van der Waals surface area contributed by atoms with Gasteiger partial charge in [-0.3, -0.25) is 0 Å². The summed E-state index contributed by atoms with van der Waals surface area (Å²) in [6, 6.07) is 15.3. The van der Waals surface area contributed by atoms with Gasteiger partial charge < -0.3 is 19.7 Å². The Bertz CT molecular complexity index is 1080. The van der Waals surface area contributed by atoms with Crippen LogP contribution in [0.2, 0.25) is 0 Å². The molecule has 146 valence electrons. The van der Waals surface area contributed by atoms with Crippen LogP contribution in [0.25, 0.3) is 0 Å². The predicted molar refractivity (Wildman–Crippen MR) is 111 cm³/mol. The summed E-state index contributed by atoms with van der Waals surface area (Å²) >= 11 is 0. The Balaban J connectivity index is 1.55. The molecule has 7 nitrogen and oxygen atoms in total. The third kappa shape index (κ3) is 3.92. The molecule has 3 aromatic rings. The zero-order valence-electron chi connectivity index (χ0n) is 16.3. The fraction of sp³-hybridized carbons (Fsp3) is 0.227. The smallest absolute Gasteiger partial charge is 0.227 e. The van der Waals surface area contributed by atoms with Gasteiger partial charge in [-0.25, -0.2) is 4.98 Å². The molecule has 1 aromatic heterocycles. The molecule has 29 heavy (non-hydrogen) atoms. The summed E-state index contributed by atoms with van der Waals surface area (Å²) in [5, 5.41) is 12.3. The monoisotopic (exact) mass is 387 g/mol. The molecule has 2 heterocycles.